The molecule has 1 unspecified atom stereocenters. The van der Waals surface area contributed by atoms with Gasteiger partial charge in [0, 0.05) is 12.1 Å². The molecule has 6 heteroatoms. The van der Waals surface area contributed by atoms with Gasteiger partial charge in [0.05, 0.1) is 10.2 Å². The minimum absolute atomic E-state index is 0.0194. The number of hydrogen-bond acceptors (Lipinski definition) is 3. The molecule has 1 heterocycles. The molecule has 0 saturated heterocycles. The number of pyridine rings is 1. The second kappa shape index (κ2) is 5.47. The number of alkyl halides is 1. The summed E-state index contributed by atoms with van der Waals surface area (Å²) in [5.74, 6) is 0.259. The smallest absolute Gasteiger partial charge is 0.197 e. The van der Waals surface area contributed by atoms with Crippen molar-refractivity contribution in [2.45, 2.75) is 18.9 Å². The fourth-order valence-electron chi connectivity index (χ4n) is 1.23. The Bertz CT molecular complexity index is 476. The van der Waals surface area contributed by atoms with Crippen LogP contribution in [-0.4, -0.2) is 25.0 Å². The van der Waals surface area contributed by atoms with Crippen LogP contribution in [-0.2, 0) is 9.84 Å². The zero-order valence-electron chi connectivity index (χ0n) is 9.07. The van der Waals surface area contributed by atoms with E-state index in [1.54, 1.807) is 13.0 Å². The maximum atomic E-state index is 12.0. The van der Waals surface area contributed by atoms with Gasteiger partial charge in [0.1, 0.15) is 0 Å². The molecule has 0 bridgehead atoms. The van der Waals surface area contributed by atoms with Crippen molar-refractivity contribution >= 4 is 37.4 Å². The first-order valence-electron chi connectivity index (χ1n) is 4.78. The van der Waals surface area contributed by atoms with Gasteiger partial charge in [-0.25, -0.2) is 13.4 Å². The van der Waals surface area contributed by atoms with Crippen molar-refractivity contribution in [2.24, 2.45) is 5.92 Å². The molecule has 0 radical (unpaired) electrons. The van der Waals surface area contributed by atoms with Crippen molar-refractivity contribution in [2.75, 3.05) is 11.6 Å². The summed E-state index contributed by atoms with van der Waals surface area (Å²) >= 11 is 8.87. The van der Waals surface area contributed by atoms with Gasteiger partial charge in [-0.05, 0) is 40.4 Å². The molecule has 16 heavy (non-hydrogen) atoms. The molecule has 90 valence electrons. The summed E-state index contributed by atoms with van der Waals surface area (Å²) in [6.07, 6.45) is 1.50. The molecule has 0 saturated carbocycles. The molecule has 0 N–H and O–H groups in total. The van der Waals surface area contributed by atoms with Gasteiger partial charge in [0.25, 0.3) is 0 Å². The third-order valence-electron chi connectivity index (χ3n) is 2.11. The highest BCUT2D eigenvalue weighted by atomic mass is 79.9. The standard InChI is InChI=1S/C10H13BrClNO2S/c1-7(5-12)6-16(14,15)10-9(11)8(2)3-4-13-10/h3-4,7H,5-6H2,1-2H3. The molecule has 0 aromatic carbocycles. The van der Waals surface area contributed by atoms with Gasteiger partial charge in [-0.3, -0.25) is 0 Å². The van der Waals surface area contributed by atoms with Crippen LogP contribution in [0.2, 0.25) is 0 Å². The summed E-state index contributed by atoms with van der Waals surface area (Å²) < 4.78 is 24.6. The summed E-state index contributed by atoms with van der Waals surface area (Å²) in [6.45, 7) is 3.63. The van der Waals surface area contributed by atoms with Crippen LogP contribution in [0.5, 0.6) is 0 Å². The zero-order chi connectivity index (χ0) is 12.3. The SMILES string of the molecule is Cc1ccnc(S(=O)(=O)CC(C)CCl)c1Br. The number of hydrogen-bond donors (Lipinski definition) is 0. The molecule has 3 nitrogen and oxygen atoms in total. The lowest BCUT2D eigenvalue weighted by atomic mass is 10.3. The van der Waals surface area contributed by atoms with E-state index in [1.807, 2.05) is 6.92 Å². The van der Waals surface area contributed by atoms with Gasteiger partial charge in [0.2, 0.25) is 0 Å². The molecule has 0 amide bonds. The van der Waals surface area contributed by atoms with Gasteiger partial charge < -0.3 is 0 Å². The van der Waals surface area contributed by atoms with E-state index < -0.39 is 9.84 Å². The third-order valence-corrected chi connectivity index (χ3v) is 5.81. The van der Waals surface area contributed by atoms with Crippen molar-refractivity contribution in [1.82, 2.24) is 4.98 Å². The lowest BCUT2D eigenvalue weighted by Crippen LogP contribution is -2.17. The maximum absolute atomic E-state index is 12.0. The van der Waals surface area contributed by atoms with E-state index in [4.69, 9.17) is 11.6 Å². The van der Waals surface area contributed by atoms with Crippen molar-refractivity contribution in [3.63, 3.8) is 0 Å². The van der Waals surface area contributed by atoms with E-state index in [9.17, 15) is 8.42 Å². The molecule has 0 aliphatic carbocycles. The molecule has 1 aromatic rings. The quantitative estimate of drug-likeness (QED) is 0.799. The normalized spacial score (nSPS) is 13.8. The highest BCUT2D eigenvalue weighted by Crippen LogP contribution is 2.25. The van der Waals surface area contributed by atoms with Crippen LogP contribution >= 0.6 is 27.5 Å². The van der Waals surface area contributed by atoms with Crippen LogP contribution in [0.15, 0.2) is 21.8 Å². The molecule has 1 aromatic heterocycles. The molecule has 0 aliphatic heterocycles. The summed E-state index contributed by atoms with van der Waals surface area (Å²) in [6, 6.07) is 1.76. The Balaban J connectivity index is 3.13. The van der Waals surface area contributed by atoms with Crippen molar-refractivity contribution in [3.8, 4) is 0 Å². The number of nitrogens with zero attached hydrogens (tertiary/aromatic N) is 1. The second-order valence-electron chi connectivity index (χ2n) is 3.79. The molecule has 0 fully saturated rings. The van der Waals surface area contributed by atoms with E-state index in [0.717, 1.165) is 5.56 Å². The second-order valence-corrected chi connectivity index (χ2v) is 6.84. The number of aryl methyl sites for hydroxylation is 1. The average Bonchev–Trinajstić information content (AvgIpc) is 2.21. The Morgan fingerprint density at radius 2 is 2.19 bits per heavy atom. The molecular formula is C10H13BrClNO2S. The van der Waals surface area contributed by atoms with E-state index in [2.05, 4.69) is 20.9 Å². The monoisotopic (exact) mass is 325 g/mol. The highest BCUT2D eigenvalue weighted by Gasteiger charge is 2.22. The first-order valence-corrected chi connectivity index (χ1v) is 7.76. The van der Waals surface area contributed by atoms with E-state index >= 15 is 0 Å². The number of halogens is 2. The summed E-state index contributed by atoms with van der Waals surface area (Å²) in [7, 11) is -3.37. The maximum Gasteiger partial charge on any atom is 0.197 e. The third kappa shape index (κ3) is 3.18. The number of sulfone groups is 1. The van der Waals surface area contributed by atoms with Crippen LogP contribution in [0.25, 0.3) is 0 Å². The minimum Gasteiger partial charge on any atom is -0.244 e. The Labute approximate surface area is 109 Å². The molecule has 0 aliphatic rings. The molecule has 1 atom stereocenters. The average molecular weight is 327 g/mol. The van der Waals surface area contributed by atoms with Gasteiger partial charge >= 0.3 is 0 Å². The predicted molar refractivity (Wildman–Crippen MR) is 68.6 cm³/mol. The van der Waals surface area contributed by atoms with Gasteiger partial charge in [-0.1, -0.05) is 6.92 Å². The first-order chi connectivity index (χ1) is 7.38. The molecule has 0 spiro atoms. The van der Waals surface area contributed by atoms with Gasteiger partial charge in [-0.2, -0.15) is 0 Å². The molecular weight excluding hydrogens is 314 g/mol. The Morgan fingerprint density at radius 1 is 1.56 bits per heavy atom. The Hall–Kier alpha value is -0.130. The van der Waals surface area contributed by atoms with Crippen LogP contribution < -0.4 is 0 Å². The topological polar surface area (TPSA) is 47.0 Å². The largest absolute Gasteiger partial charge is 0.244 e. The number of aromatic nitrogens is 1. The summed E-state index contributed by atoms with van der Waals surface area (Å²) in [5, 5.41) is 0.101. The summed E-state index contributed by atoms with van der Waals surface area (Å²) in [4.78, 5) is 3.92. The van der Waals surface area contributed by atoms with E-state index in [-0.39, 0.29) is 16.7 Å². The van der Waals surface area contributed by atoms with Crippen molar-refractivity contribution in [3.05, 3.63) is 22.3 Å². The minimum atomic E-state index is -3.37. The zero-order valence-corrected chi connectivity index (χ0v) is 12.2. The van der Waals surface area contributed by atoms with Crippen molar-refractivity contribution < 1.29 is 8.42 Å². The van der Waals surface area contributed by atoms with E-state index in [0.29, 0.717) is 10.4 Å². The van der Waals surface area contributed by atoms with Crippen LogP contribution in [0.1, 0.15) is 12.5 Å². The summed E-state index contributed by atoms with van der Waals surface area (Å²) in [5.41, 5.74) is 0.854. The van der Waals surface area contributed by atoms with Crippen LogP contribution in [0.3, 0.4) is 0 Å². The van der Waals surface area contributed by atoms with Gasteiger partial charge in [-0.15, -0.1) is 11.6 Å². The fraction of sp³-hybridized carbons (Fsp3) is 0.500. The van der Waals surface area contributed by atoms with Crippen molar-refractivity contribution in [1.29, 1.82) is 0 Å². The van der Waals surface area contributed by atoms with E-state index in [1.165, 1.54) is 6.20 Å². The Kier molecular flexibility index (Phi) is 4.76. The molecule has 1 rings (SSSR count). The van der Waals surface area contributed by atoms with Crippen LogP contribution in [0.4, 0.5) is 0 Å². The van der Waals surface area contributed by atoms with Crippen LogP contribution in [0, 0.1) is 12.8 Å². The highest BCUT2D eigenvalue weighted by molar-refractivity contribution is 9.10. The Morgan fingerprint density at radius 3 is 2.75 bits per heavy atom. The van der Waals surface area contributed by atoms with Gasteiger partial charge in [0.15, 0.2) is 14.9 Å². The first kappa shape index (κ1) is 13.9. The fourth-order valence-corrected chi connectivity index (χ4v) is 4.12. The lowest BCUT2D eigenvalue weighted by Gasteiger charge is -2.10. The number of rotatable bonds is 4. The lowest BCUT2D eigenvalue weighted by molar-refractivity contribution is 0.578. The predicted octanol–water partition coefficient (Wildman–Crippen LogP) is 2.80.